The van der Waals surface area contributed by atoms with Crippen molar-refractivity contribution in [3.63, 3.8) is 0 Å². The van der Waals surface area contributed by atoms with Gasteiger partial charge in [0.2, 0.25) is 47.1 Å². The molecule has 0 bridgehead atoms. The Labute approximate surface area is 804 Å². The number of imide groups is 1. The van der Waals surface area contributed by atoms with E-state index in [1.54, 1.807) is 54.6 Å². The zero-order chi connectivity index (χ0) is 96.4. The summed E-state index contributed by atoms with van der Waals surface area (Å²) in [5.74, 6) is 1.30. The van der Waals surface area contributed by atoms with Gasteiger partial charge in [-0.15, -0.1) is 40.8 Å². The number of anilines is 2. The zero-order valence-electron chi connectivity index (χ0n) is 79.2. The molecule has 0 N–H and O–H groups in total. The highest BCUT2D eigenvalue weighted by atomic mass is 16.5. The molecule has 25 heteroatoms. The number of rotatable bonds is 28. The van der Waals surface area contributed by atoms with Crippen molar-refractivity contribution in [2.24, 2.45) is 0 Å². The van der Waals surface area contributed by atoms with Crippen LogP contribution in [-0.4, -0.2) is 90.8 Å². The van der Waals surface area contributed by atoms with E-state index < -0.39 is 23.8 Å². The molecule has 139 heavy (non-hydrogen) atoms. The summed E-state index contributed by atoms with van der Waals surface area (Å²) in [7, 11) is 0. The van der Waals surface area contributed by atoms with Crippen LogP contribution >= 0.6 is 0 Å². The van der Waals surface area contributed by atoms with Crippen LogP contribution < -0.4 is 28.7 Å². The maximum Gasteiger partial charge on any atom is 0.338 e. The Hall–Kier alpha value is -16.3. The largest absolute Gasteiger partial charge is 0.489 e. The van der Waals surface area contributed by atoms with Crippen LogP contribution in [0.1, 0.15) is 180 Å². The number of benzene rings is 13. The molecule has 0 saturated carbocycles. The van der Waals surface area contributed by atoms with Gasteiger partial charge in [-0.2, -0.15) is 0 Å². The second-order valence-corrected chi connectivity index (χ2v) is 38.9. The third-order valence-electron chi connectivity index (χ3n) is 24.6. The fraction of sp³-hybridized carbons (Fsp3) is 0.228. The maximum atomic E-state index is 15.3. The van der Waals surface area contributed by atoms with Crippen molar-refractivity contribution in [1.29, 1.82) is 0 Å². The van der Waals surface area contributed by atoms with Crippen molar-refractivity contribution >= 4 is 45.9 Å². The van der Waals surface area contributed by atoms with E-state index in [-0.39, 0.29) is 89.2 Å². The molecule has 1 saturated heterocycles. The van der Waals surface area contributed by atoms with E-state index in [2.05, 4.69) is 177 Å². The molecule has 2 aliphatic heterocycles. The SMILES string of the molecule is CC(C)(C)c1ccc(-c2nnc(-c3ccc(COc4cc(COC(=O)c5cc(C(=O)OCc6cc(OCc7ccc(-c8nnc(-c9ccc(C(C)(C)C)cc9)o8)cc7)cc(OCc7ccc(-c8nnc(-c9ccc(C(C)(C)C)cc9)o8)cc7)c6)cc(N6C(=O)c7cccc8c(N9CCOCC9)ccc(c78)C6=O)c5)cc(OCc5ccc(-c6nnc(-c7ccc(C(C)(C)C)cc7)o6)cc5)c4)cc3)o2)cc1. The summed E-state index contributed by atoms with van der Waals surface area (Å²) < 4.78 is 69.1. The molecule has 2 amide bonds. The highest BCUT2D eigenvalue weighted by Crippen LogP contribution is 2.42. The molecule has 17 aromatic rings. The Kier molecular flexibility index (Phi) is 25.4. The number of hydrogen-bond donors (Lipinski definition) is 0. The van der Waals surface area contributed by atoms with E-state index >= 15 is 19.2 Å². The highest BCUT2D eigenvalue weighted by Gasteiger charge is 2.37. The quantitative estimate of drug-likeness (QED) is 0.0325. The molecule has 0 unspecified atom stereocenters. The standard InChI is InChI=1S/C114H102N10O15/c1-111(2,3)85-40-32-79(33-41-85)103-119-115-99(136-103)75-24-16-69(17-25-75)63-130-90-54-73(55-91(61-90)131-64-70-18-26-76(27-19-70)100-116-120-104(137-100)80-34-42-86(43-35-80)112(4,5)6)67-134-109(127)83-58-84(60-89(59-83)124-107(125)95-15-13-14-94-97(123-50-52-129-53-51-123)49-48-96(98(94)95)108(124)126)110(128)135-68-74-56-92(132-65-71-20-28-77(29-21-71)101-117-121-105(138-101)81-36-44-87(45-37-81)113(7,8)9)62-93(57-74)133-66-72-22-30-78(31-23-72)102-118-122-106(139-102)82-38-46-88(47-39-82)114(10,11)12/h13-49,54-62H,50-53,63-68H2,1-12H3. The van der Waals surface area contributed by atoms with Gasteiger partial charge in [-0.3, -0.25) is 9.59 Å². The predicted octanol–water partition coefficient (Wildman–Crippen LogP) is 24.6. The minimum absolute atomic E-state index is 0.0217. The molecule has 0 atom stereocenters. The Bertz CT molecular complexity index is 6670. The Balaban J connectivity index is 0.600. The van der Waals surface area contributed by atoms with Gasteiger partial charge < -0.3 is 55.7 Å². The fourth-order valence-electron chi connectivity index (χ4n) is 16.5. The van der Waals surface area contributed by atoms with Gasteiger partial charge in [0.15, 0.2) is 0 Å². The number of carbonyl (C=O) groups excluding carboxylic acids is 4. The maximum absolute atomic E-state index is 15.3. The van der Waals surface area contributed by atoms with E-state index in [1.165, 1.54) is 40.5 Å². The number of ether oxygens (including phenoxy) is 7. The van der Waals surface area contributed by atoms with Crippen molar-refractivity contribution in [2.45, 2.75) is 144 Å². The number of aromatic nitrogens is 8. The summed E-state index contributed by atoms with van der Waals surface area (Å²) in [6.07, 6.45) is 0. The molecule has 698 valence electrons. The number of morpholine rings is 1. The van der Waals surface area contributed by atoms with Crippen LogP contribution in [0.15, 0.2) is 297 Å². The lowest BCUT2D eigenvalue weighted by Crippen LogP contribution is -2.41. The van der Waals surface area contributed by atoms with Crippen LogP contribution in [0.5, 0.6) is 23.0 Å². The Morgan fingerprint density at radius 3 is 0.856 bits per heavy atom. The topological polar surface area (TPSA) is 295 Å². The van der Waals surface area contributed by atoms with Crippen LogP contribution in [0.4, 0.5) is 11.4 Å². The molecule has 6 heterocycles. The molecule has 13 aromatic carbocycles. The summed E-state index contributed by atoms with van der Waals surface area (Å²) in [6, 6.07) is 86.1. The molecule has 19 rings (SSSR count). The molecular formula is C114H102N10O15. The summed E-state index contributed by atoms with van der Waals surface area (Å²) in [4.78, 5) is 64.3. The average molecular weight is 1850 g/mol. The summed E-state index contributed by atoms with van der Waals surface area (Å²) >= 11 is 0. The minimum Gasteiger partial charge on any atom is -0.489 e. The first-order valence-corrected chi connectivity index (χ1v) is 46.1. The number of nitrogens with zero attached hydrogens (tertiary/aromatic N) is 10. The number of amides is 2. The monoisotopic (exact) mass is 1850 g/mol. The molecule has 0 radical (unpaired) electrons. The molecular weight excluding hydrogens is 1750 g/mol. The van der Waals surface area contributed by atoms with E-state index in [4.69, 9.17) is 50.8 Å². The van der Waals surface area contributed by atoms with E-state index in [0.717, 1.165) is 55.1 Å². The van der Waals surface area contributed by atoms with Gasteiger partial charge >= 0.3 is 11.9 Å². The van der Waals surface area contributed by atoms with E-state index in [9.17, 15) is 0 Å². The normalized spacial score (nSPS) is 13.0. The second kappa shape index (κ2) is 38.5. The first kappa shape index (κ1) is 91.8. The van der Waals surface area contributed by atoms with Gasteiger partial charge in [0.05, 0.1) is 30.0 Å². The molecule has 25 nitrogen and oxygen atoms in total. The lowest BCUT2D eigenvalue weighted by molar-refractivity contribution is 0.0468. The third-order valence-corrected chi connectivity index (χ3v) is 24.6. The lowest BCUT2D eigenvalue weighted by Gasteiger charge is -2.32. The van der Waals surface area contributed by atoms with E-state index in [0.29, 0.717) is 141 Å². The van der Waals surface area contributed by atoms with Gasteiger partial charge in [0.25, 0.3) is 11.8 Å². The summed E-state index contributed by atoms with van der Waals surface area (Å²) in [5.41, 5.74) is 15.7. The molecule has 1 fully saturated rings. The predicted molar refractivity (Wildman–Crippen MR) is 528 cm³/mol. The second-order valence-electron chi connectivity index (χ2n) is 38.9. The summed E-state index contributed by atoms with van der Waals surface area (Å²) in [6.45, 7) is 27.9. The van der Waals surface area contributed by atoms with Gasteiger partial charge in [-0.1, -0.05) is 192 Å². The van der Waals surface area contributed by atoms with Crippen molar-refractivity contribution in [1.82, 2.24) is 40.8 Å². The Morgan fingerprint density at radius 1 is 0.302 bits per heavy atom. The number of carbonyl (C=O) groups is 4. The van der Waals surface area contributed by atoms with Gasteiger partial charge in [-0.05, 0) is 235 Å². The summed E-state index contributed by atoms with van der Waals surface area (Å²) in [5, 5.41) is 36.1. The number of hydrogen-bond acceptors (Lipinski definition) is 24. The smallest absolute Gasteiger partial charge is 0.338 e. The highest BCUT2D eigenvalue weighted by molar-refractivity contribution is 6.36. The van der Waals surface area contributed by atoms with Crippen LogP contribution in [0.2, 0.25) is 0 Å². The van der Waals surface area contributed by atoms with E-state index in [1.807, 2.05) is 158 Å². The molecule has 4 aromatic heterocycles. The van der Waals surface area contributed by atoms with Crippen LogP contribution in [0, 0.1) is 0 Å². The van der Waals surface area contributed by atoms with Crippen LogP contribution in [-0.2, 0) is 75.5 Å². The molecule has 0 aliphatic carbocycles. The molecule has 2 aliphatic rings. The van der Waals surface area contributed by atoms with Crippen molar-refractivity contribution in [3.05, 3.63) is 357 Å². The van der Waals surface area contributed by atoms with Gasteiger partial charge in [-0.25, -0.2) is 14.5 Å². The van der Waals surface area contributed by atoms with Gasteiger partial charge in [0.1, 0.15) is 62.6 Å². The van der Waals surface area contributed by atoms with Crippen molar-refractivity contribution in [2.75, 3.05) is 36.1 Å². The number of esters is 2. The van der Waals surface area contributed by atoms with Crippen molar-refractivity contribution < 1.29 is 70.0 Å². The zero-order valence-corrected chi connectivity index (χ0v) is 79.2. The average Bonchev–Trinajstić information content (AvgIpc) is 1.45. The Morgan fingerprint density at radius 2 is 0.576 bits per heavy atom. The first-order valence-electron chi connectivity index (χ1n) is 46.1. The van der Waals surface area contributed by atoms with Crippen LogP contribution in [0.25, 0.3) is 102 Å². The fourth-order valence-corrected chi connectivity index (χ4v) is 16.5. The van der Waals surface area contributed by atoms with Crippen molar-refractivity contribution in [3.8, 4) is 115 Å². The minimum atomic E-state index is -0.919. The van der Waals surface area contributed by atoms with Crippen LogP contribution in [0.3, 0.4) is 0 Å². The lowest BCUT2D eigenvalue weighted by atomic mass is 9.87. The molecule has 0 spiro atoms. The third kappa shape index (κ3) is 20.9. The van der Waals surface area contributed by atoms with Gasteiger partial charge in [0, 0.05) is 97.3 Å². The first-order chi connectivity index (χ1) is 66.9.